The van der Waals surface area contributed by atoms with Gasteiger partial charge in [-0.2, -0.15) is 0 Å². The maximum Gasteiger partial charge on any atom is 0.124 e. The Morgan fingerprint density at radius 1 is 0.964 bits per heavy atom. The number of nitrogens with one attached hydrogen (secondary N) is 2. The van der Waals surface area contributed by atoms with Crippen LogP contribution in [0.15, 0.2) is 60.2 Å². The Bertz CT molecular complexity index is 899. The first kappa shape index (κ1) is 21.2. The Hall–Kier alpha value is -1.52. The highest BCUT2D eigenvalue weighted by Gasteiger charge is 2.41. The van der Waals surface area contributed by atoms with E-state index in [0.29, 0.717) is 37.5 Å². The highest BCUT2D eigenvalue weighted by molar-refractivity contribution is 6.36. The van der Waals surface area contributed by atoms with Crippen LogP contribution in [0, 0.1) is 5.92 Å². The number of halogens is 4. The van der Waals surface area contributed by atoms with Crippen molar-refractivity contribution < 1.29 is 0 Å². The predicted molar refractivity (Wildman–Crippen MR) is 120 cm³/mol. The second-order valence-corrected chi connectivity index (χ2v) is 8.78. The van der Waals surface area contributed by atoms with Crippen LogP contribution in [0.4, 0.5) is 0 Å². The van der Waals surface area contributed by atoms with Crippen molar-refractivity contribution in [2.75, 3.05) is 6.54 Å². The third kappa shape index (κ3) is 3.95. The van der Waals surface area contributed by atoms with Gasteiger partial charge in [-0.25, -0.2) is 0 Å². The van der Waals surface area contributed by atoms with Gasteiger partial charge in [-0.15, -0.1) is 0 Å². The summed E-state index contributed by atoms with van der Waals surface area (Å²) in [5.41, 5.74) is 7.98. The number of dihydropyridines is 1. The summed E-state index contributed by atoms with van der Waals surface area (Å²) in [6, 6.07) is 10.7. The zero-order valence-corrected chi connectivity index (χ0v) is 18.5. The molecule has 3 rings (SSSR count). The Morgan fingerprint density at radius 2 is 1.50 bits per heavy atom. The minimum Gasteiger partial charge on any atom is -0.398 e. The van der Waals surface area contributed by atoms with Crippen LogP contribution in [0.25, 0.3) is 0 Å². The quantitative estimate of drug-likeness (QED) is 0.511. The average molecular weight is 457 g/mol. The fourth-order valence-corrected chi connectivity index (χ4v) is 4.42. The molecule has 0 spiro atoms. The molecule has 0 aromatic heterocycles. The van der Waals surface area contributed by atoms with E-state index in [1.165, 1.54) is 0 Å². The molecule has 0 aliphatic carbocycles. The summed E-state index contributed by atoms with van der Waals surface area (Å²) in [6.07, 6.45) is 3.79. The molecule has 28 heavy (non-hydrogen) atoms. The smallest absolute Gasteiger partial charge is 0.124 e. The van der Waals surface area contributed by atoms with Crippen molar-refractivity contribution in [2.45, 2.75) is 19.3 Å². The monoisotopic (exact) mass is 455 g/mol. The molecule has 1 heterocycles. The molecule has 2 aromatic rings. The number of rotatable bonds is 5. The van der Waals surface area contributed by atoms with Gasteiger partial charge in [0.1, 0.15) is 5.82 Å². The third-order valence-electron chi connectivity index (χ3n) is 4.65. The van der Waals surface area contributed by atoms with E-state index in [2.05, 4.69) is 24.5 Å². The van der Waals surface area contributed by atoms with Gasteiger partial charge in [-0.1, -0.05) is 72.4 Å². The number of hydrogen-bond acceptors (Lipinski definition) is 3. The van der Waals surface area contributed by atoms with Crippen molar-refractivity contribution in [3.05, 3.63) is 91.4 Å². The van der Waals surface area contributed by atoms with Crippen LogP contribution in [0.1, 0.15) is 25.0 Å². The lowest BCUT2D eigenvalue weighted by atomic mass is 9.71. The second-order valence-electron chi connectivity index (χ2n) is 7.10. The van der Waals surface area contributed by atoms with Gasteiger partial charge in [0.15, 0.2) is 0 Å². The lowest BCUT2D eigenvalue weighted by Crippen LogP contribution is -2.43. The van der Waals surface area contributed by atoms with E-state index in [-0.39, 0.29) is 0 Å². The molecule has 4 N–H and O–H groups in total. The van der Waals surface area contributed by atoms with Crippen LogP contribution in [0.2, 0.25) is 20.1 Å². The summed E-state index contributed by atoms with van der Waals surface area (Å²) in [7, 11) is 0. The molecule has 148 valence electrons. The molecule has 0 amide bonds. The van der Waals surface area contributed by atoms with Crippen molar-refractivity contribution in [2.24, 2.45) is 11.7 Å². The van der Waals surface area contributed by atoms with Crippen molar-refractivity contribution in [3.8, 4) is 0 Å². The summed E-state index contributed by atoms with van der Waals surface area (Å²) in [5.74, 6) is 1.16. The minimum atomic E-state index is -0.881. The molecule has 2 aromatic carbocycles. The van der Waals surface area contributed by atoms with Gasteiger partial charge in [-0.3, -0.25) is 0 Å². The van der Waals surface area contributed by atoms with Crippen LogP contribution in [0.3, 0.4) is 0 Å². The van der Waals surface area contributed by atoms with Crippen LogP contribution >= 0.6 is 46.4 Å². The molecule has 7 heteroatoms. The number of allylic oxidation sites excluding steroid dienone is 1. The third-order valence-corrected chi connectivity index (χ3v) is 5.75. The van der Waals surface area contributed by atoms with E-state index >= 15 is 0 Å². The summed E-state index contributed by atoms with van der Waals surface area (Å²) in [4.78, 5) is 0. The summed E-state index contributed by atoms with van der Waals surface area (Å²) in [6.45, 7) is 5.01. The Morgan fingerprint density at radius 3 is 1.96 bits per heavy atom. The molecule has 1 aliphatic heterocycles. The standard InChI is InChI=1S/C21H21Cl4N3/c1-12(2)11-28-20-19(26)21(7-8-27-20,15-5-3-13(22)9-17(15)24)16-6-4-14(23)10-18(16)25/h3-10,12,27-28H,11,26H2,1-2H3. The topological polar surface area (TPSA) is 50.1 Å². The summed E-state index contributed by atoms with van der Waals surface area (Å²) in [5, 5.41) is 8.67. The molecular formula is C21H21Cl4N3. The Labute approximate surface area is 185 Å². The fourth-order valence-electron chi connectivity index (χ4n) is 3.30. The van der Waals surface area contributed by atoms with Crippen LogP contribution in [0.5, 0.6) is 0 Å². The lowest BCUT2D eigenvalue weighted by molar-refractivity contribution is 0.561. The van der Waals surface area contributed by atoms with Crippen molar-refractivity contribution in [3.63, 3.8) is 0 Å². The molecule has 1 aliphatic rings. The minimum absolute atomic E-state index is 0.445. The van der Waals surface area contributed by atoms with Gasteiger partial charge in [0, 0.05) is 32.8 Å². The van der Waals surface area contributed by atoms with Crippen LogP contribution < -0.4 is 16.4 Å². The number of nitrogens with two attached hydrogens (primary N) is 1. The van der Waals surface area contributed by atoms with E-state index in [4.69, 9.17) is 52.1 Å². The average Bonchev–Trinajstić information content (AvgIpc) is 2.61. The number of hydrogen-bond donors (Lipinski definition) is 3. The first-order valence-corrected chi connectivity index (χ1v) is 10.4. The molecule has 0 bridgehead atoms. The second kappa shape index (κ2) is 8.46. The van der Waals surface area contributed by atoms with Gasteiger partial charge in [0.05, 0.1) is 11.1 Å². The zero-order chi connectivity index (χ0) is 20.5. The summed E-state index contributed by atoms with van der Waals surface area (Å²) < 4.78 is 0. The van der Waals surface area contributed by atoms with Gasteiger partial charge in [-0.05, 0) is 47.4 Å². The van der Waals surface area contributed by atoms with E-state index < -0.39 is 5.41 Å². The van der Waals surface area contributed by atoms with E-state index in [1.807, 2.05) is 24.4 Å². The number of benzene rings is 2. The van der Waals surface area contributed by atoms with Crippen LogP contribution in [-0.4, -0.2) is 6.54 Å². The SMILES string of the molecule is CC(C)CNC1=C(N)C(c2ccc(Cl)cc2Cl)(c2ccc(Cl)cc2Cl)C=CN1. The largest absolute Gasteiger partial charge is 0.398 e. The normalized spacial score (nSPS) is 15.7. The molecule has 0 unspecified atom stereocenters. The maximum atomic E-state index is 6.74. The van der Waals surface area contributed by atoms with Crippen molar-refractivity contribution >= 4 is 46.4 Å². The maximum absolute atomic E-state index is 6.74. The molecule has 0 saturated carbocycles. The molecular weight excluding hydrogens is 436 g/mol. The van der Waals surface area contributed by atoms with Gasteiger partial charge in [0.25, 0.3) is 0 Å². The lowest BCUT2D eigenvalue weighted by Gasteiger charge is -2.38. The zero-order valence-electron chi connectivity index (χ0n) is 15.5. The van der Waals surface area contributed by atoms with Gasteiger partial charge >= 0.3 is 0 Å². The first-order valence-electron chi connectivity index (χ1n) is 8.85. The van der Waals surface area contributed by atoms with Gasteiger partial charge < -0.3 is 16.4 Å². The van der Waals surface area contributed by atoms with Crippen molar-refractivity contribution in [1.29, 1.82) is 0 Å². The molecule has 0 atom stereocenters. The van der Waals surface area contributed by atoms with Gasteiger partial charge in [0.2, 0.25) is 0 Å². The highest BCUT2D eigenvalue weighted by atomic mass is 35.5. The molecule has 0 saturated heterocycles. The van der Waals surface area contributed by atoms with E-state index in [0.717, 1.165) is 17.7 Å². The molecule has 0 radical (unpaired) electrons. The first-order chi connectivity index (χ1) is 13.3. The highest BCUT2D eigenvalue weighted by Crippen LogP contribution is 2.47. The Balaban J connectivity index is 2.28. The van der Waals surface area contributed by atoms with E-state index in [1.54, 1.807) is 24.3 Å². The molecule has 0 fully saturated rings. The molecule has 3 nitrogen and oxygen atoms in total. The van der Waals surface area contributed by atoms with E-state index in [9.17, 15) is 0 Å². The van der Waals surface area contributed by atoms with Crippen LogP contribution in [-0.2, 0) is 5.41 Å². The Kier molecular flexibility index (Phi) is 6.41. The van der Waals surface area contributed by atoms with Crippen molar-refractivity contribution in [1.82, 2.24) is 10.6 Å². The summed E-state index contributed by atoms with van der Waals surface area (Å²) >= 11 is 25.5. The predicted octanol–water partition coefficient (Wildman–Crippen LogP) is 6.08. The fraction of sp³-hybridized carbons (Fsp3) is 0.238.